The summed E-state index contributed by atoms with van der Waals surface area (Å²) in [4.78, 5) is 0.272. The van der Waals surface area contributed by atoms with Crippen LogP contribution in [-0.4, -0.2) is 15.0 Å². The molecule has 0 fully saturated rings. The van der Waals surface area contributed by atoms with E-state index >= 15 is 0 Å². The van der Waals surface area contributed by atoms with Gasteiger partial charge in [-0.05, 0) is 61.2 Å². The molecule has 0 aromatic heterocycles. The lowest BCUT2D eigenvalue weighted by molar-refractivity contribution is 0.326. The molecule has 1 aliphatic carbocycles. The topological polar surface area (TPSA) is 67.4 Å². The monoisotopic (exact) mass is 446 g/mol. The number of rotatable bonds is 6. The minimum absolute atomic E-state index is 0.0927. The largest absolute Gasteiger partial charge is 0.494 e. The molecule has 3 atom stereocenters. The second kappa shape index (κ2) is 8.36. The minimum Gasteiger partial charge on any atom is -0.494 e. The lowest BCUT2D eigenvalue weighted by atomic mass is 9.77. The van der Waals surface area contributed by atoms with Crippen molar-refractivity contribution in [2.45, 2.75) is 30.2 Å². The van der Waals surface area contributed by atoms with Crippen LogP contribution in [0.25, 0.3) is 0 Å². The molecule has 3 aromatic carbocycles. The van der Waals surface area contributed by atoms with E-state index in [2.05, 4.69) is 28.3 Å². The number of hydrogen-bond acceptors (Lipinski definition) is 4. The van der Waals surface area contributed by atoms with E-state index in [4.69, 9.17) is 4.74 Å². The van der Waals surface area contributed by atoms with Crippen LogP contribution in [0.2, 0.25) is 0 Å². The molecule has 164 valence electrons. The molecule has 5 nitrogen and oxygen atoms in total. The molecular weight excluding hydrogens is 420 g/mol. The summed E-state index contributed by atoms with van der Waals surface area (Å²) in [7, 11) is -3.68. The molecule has 1 heterocycles. The molecule has 2 aliphatic rings. The molecule has 0 spiro atoms. The summed E-state index contributed by atoms with van der Waals surface area (Å²) in [6, 6.07) is 22.6. The average molecular weight is 447 g/mol. The first-order valence-electron chi connectivity index (χ1n) is 10.9. The SMILES string of the molecule is CCOc1ccccc1C1Nc2ccc(S(=O)(=O)Nc3ccccc3)cc2C2C=CCC21. The lowest BCUT2D eigenvalue weighted by Gasteiger charge is -2.38. The Labute approximate surface area is 189 Å². The molecule has 2 N–H and O–H groups in total. The molecule has 5 rings (SSSR count). The Morgan fingerprint density at radius 2 is 1.78 bits per heavy atom. The Balaban J connectivity index is 1.50. The first kappa shape index (κ1) is 20.6. The minimum atomic E-state index is -3.68. The molecule has 0 saturated heterocycles. The van der Waals surface area contributed by atoms with E-state index in [0.29, 0.717) is 18.2 Å². The van der Waals surface area contributed by atoms with Gasteiger partial charge in [-0.15, -0.1) is 0 Å². The number of anilines is 2. The summed E-state index contributed by atoms with van der Waals surface area (Å²) in [5, 5.41) is 3.68. The number of para-hydroxylation sites is 2. The highest BCUT2D eigenvalue weighted by Crippen LogP contribution is 2.51. The van der Waals surface area contributed by atoms with E-state index in [1.54, 1.807) is 18.2 Å². The van der Waals surface area contributed by atoms with Crippen molar-refractivity contribution >= 4 is 21.4 Å². The number of hydrogen-bond donors (Lipinski definition) is 2. The predicted octanol–water partition coefficient (Wildman–Crippen LogP) is 5.71. The Hall–Kier alpha value is -3.25. The summed E-state index contributed by atoms with van der Waals surface area (Å²) in [5.74, 6) is 1.34. The molecule has 3 aromatic rings. The fourth-order valence-corrected chi connectivity index (χ4v) is 5.89. The van der Waals surface area contributed by atoms with Crippen molar-refractivity contribution in [1.29, 1.82) is 0 Å². The van der Waals surface area contributed by atoms with Gasteiger partial charge in [0, 0.05) is 22.9 Å². The fourth-order valence-electron chi connectivity index (χ4n) is 4.79. The molecule has 0 bridgehead atoms. The third-order valence-corrected chi connectivity index (χ3v) is 7.60. The Kier molecular flexibility index (Phi) is 5.39. The molecule has 1 aliphatic heterocycles. The first-order valence-corrected chi connectivity index (χ1v) is 12.4. The Morgan fingerprint density at radius 3 is 2.59 bits per heavy atom. The van der Waals surface area contributed by atoms with Gasteiger partial charge in [-0.25, -0.2) is 8.42 Å². The van der Waals surface area contributed by atoms with Crippen molar-refractivity contribution in [2.24, 2.45) is 5.92 Å². The molecule has 3 unspecified atom stereocenters. The first-order chi connectivity index (χ1) is 15.6. The fraction of sp³-hybridized carbons (Fsp3) is 0.231. The van der Waals surface area contributed by atoms with Gasteiger partial charge in [0.2, 0.25) is 0 Å². The number of sulfonamides is 1. The van der Waals surface area contributed by atoms with Crippen LogP contribution in [0.15, 0.2) is 89.8 Å². The van der Waals surface area contributed by atoms with Crippen molar-refractivity contribution in [2.75, 3.05) is 16.6 Å². The number of fused-ring (bicyclic) bond motifs is 3. The van der Waals surface area contributed by atoms with Crippen LogP contribution in [0, 0.1) is 5.92 Å². The van der Waals surface area contributed by atoms with E-state index in [9.17, 15) is 8.42 Å². The van der Waals surface area contributed by atoms with E-state index < -0.39 is 10.0 Å². The summed E-state index contributed by atoms with van der Waals surface area (Å²) < 4.78 is 34.6. The van der Waals surface area contributed by atoms with Crippen molar-refractivity contribution in [3.8, 4) is 5.75 Å². The van der Waals surface area contributed by atoms with E-state index in [1.165, 1.54) is 0 Å². The third kappa shape index (κ3) is 3.75. The lowest BCUT2D eigenvalue weighted by Crippen LogP contribution is -2.29. The van der Waals surface area contributed by atoms with E-state index in [0.717, 1.165) is 29.0 Å². The number of allylic oxidation sites excluding steroid dienone is 2. The maximum Gasteiger partial charge on any atom is 0.261 e. The normalized spacial score (nSPS) is 21.3. The van der Waals surface area contributed by atoms with Crippen LogP contribution < -0.4 is 14.8 Å². The van der Waals surface area contributed by atoms with Gasteiger partial charge < -0.3 is 10.1 Å². The Morgan fingerprint density at radius 1 is 1.00 bits per heavy atom. The van der Waals surface area contributed by atoms with Crippen LogP contribution in [0.3, 0.4) is 0 Å². The van der Waals surface area contributed by atoms with Gasteiger partial charge in [-0.1, -0.05) is 48.6 Å². The highest BCUT2D eigenvalue weighted by molar-refractivity contribution is 7.92. The van der Waals surface area contributed by atoms with E-state index in [-0.39, 0.29) is 16.9 Å². The third-order valence-electron chi connectivity index (χ3n) is 6.22. The smallest absolute Gasteiger partial charge is 0.261 e. The standard InChI is InChI=1S/C26H26N2O3S/c1-2-31-25-14-7-6-11-22(25)26-21-13-8-12-20(21)23-17-19(15-16-24(23)27-26)32(29,30)28-18-9-4-3-5-10-18/h3-12,14-17,20-21,26-28H,2,13H2,1H3. The zero-order valence-corrected chi connectivity index (χ0v) is 18.7. The van der Waals surface area contributed by atoms with Crippen molar-refractivity contribution in [1.82, 2.24) is 0 Å². The Bertz CT molecular complexity index is 1260. The second-order valence-electron chi connectivity index (χ2n) is 8.17. The maximum absolute atomic E-state index is 13.0. The predicted molar refractivity (Wildman–Crippen MR) is 128 cm³/mol. The van der Waals surface area contributed by atoms with Gasteiger partial charge in [0.05, 0.1) is 17.5 Å². The summed E-state index contributed by atoms with van der Waals surface area (Å²) in [6.07, 6.45) is 5.34. The zero-order valence-electron chi connectivity index (χ0n) is 17.9. The van der Waals surface area contributed by atoms with E-state index in [1.807, 2.05) is 55.5 Å². The van der Waals surface area contributed by atoms with Crippen LogP contribution in [-0.2, 0) is 10.0 Å². The second-order valence-corrected chi connectivity index (χ2v) is 9.85. The van der Waals surface area contributed by atoms with Crippen LogP contribution in [0.5, 0.6) is 5.75 Å². The molecule has 0 saturated carbocycles. The highest BCUT2D eigenvalue weighted by atomic mass is 32.2. The molecule has 6 heteroatoms. The summed E-state index contributed by atoms with van der Waals surface area (Å²) in [6.45, 7) is 2.61. The zero-order chi connectivity index (χ0) is 22.1. The number of benzene rings is 3. The average Bonchev–Trinajstić information content (AvgIpc) is 3.30. The quantitative estimate of drug-likeness (QED) is 0.476. The maximum atomic E-state index is 13.0. The molecular formula is C26H26N2O3S. The summed E-state index contributed by atoms with van der Waals surface area (Å²) >= 11 is 0. The van der Waals surface area contributed by atoms with Gasteiger partial charge in [0.15, 0.2) is 0 Å². The van der Waals surface area contributed by atoms with Gasteiger partial charge in [-0.2, -0.15) is 0 Å². The highest BCUT2D eigenvalue weighted by Gasteiger charge is 2.39. The number of ether oxygens (including phenoxy) is 1. The van der Waals surface area contributed by atoms with Crippen LogP contribution in [0.4, 0.5) is 11.4 Å². The van der Waals surface area contributed by atoms with Crippen LogP contribution >= 0.6 is 0 Å². The molecule has 32 heavy (non-hydrogen) atoms. The van der Waals surface area contributed by atoms with Crippen LogP contribution in [0.1, 0.15) is 36.4 Å². The van der Waals surface area contributed by atoms with Gasteiger partial charge in [0.25, 0.3) is 10.0 Å². The summed E-state index contributed by atoms with van der Waals surface area (Å²) in [5.41, 5.74) is 3.67. The molecule has 0 amide bonds. The molecule has 0 radical (unpaired) electrons. The van der Waals surface area contributed by atoms with Gasteiger partial charge in [0.1, 0.15) is 5.75 Å². The van der Waals surface area contributed by atoms with Gasteiger partial charge in [-0.3, -0.25) is 4.72 Å². The van der Waals surface area contributed by atoms with Gasteiger partial charge >= 0.3 is 0 Å². The van der Waals surface area contributed by atoms with Crippen molar-refractivity contribution in [3.63, 3.8) is 0 Å². The number of nitrogens with one attached hydrogen (secondary N) is 2. The van der Waals surface area contributed by atoms with Crippen molar-refractivity contribution < 1.29 is 13.2 Å². The van der Waals surface area contributed by atoms with Crippen molar-refractivity contribution in [3.05, 3.63) is 96.1 Å².